The maximum atomic E-state index is 14.5. The number of hydrogen-bond donors (Lipinski definition) is 0. The number of imide groups is 1. The molecule has 2 heterocycles. The highest BCUT2D eigenvalue weighted by Crippen LogP contribution is 2.49. The summed E-state index contributed by atoms with van der Waals surface area (Å²) in [5, 5.41) is 0. The van der Waals surface area contributed by atoms with Gasteiger partial charge in [0.2, 0.25) is 0 Å². The van der Waals surface area contributed by atoms with Crippen LogP contribution in [0.25, 0.3) is 0 Å². The van der Waals surface area contributed by atoms with Gasteiger partial charge in [-0.1, -0.05) is 48.0 Å². The summed E-state index contributed by atoms with van der Waals surface area (Å²) in [5.74, 6) is -0.711. The van der Waals surface area contributed by atoms with Crippen LogP contribution >= 0.6 is 0 Å². The summed E-state index contributed by atoms with van der Waals surface area (Å²) in [7, 11) is 0. The number of rotatable bonds is 2. The molecular formula is C25H21FN2O3. The number of anilines is 1. The Hall–Kier alpha value is -3.67. The third-order valence-electron chi connectivity index (χ3n) is 5.98. The molecule has 1 fully saturated rings. The number of carbonyl (C=O) groups is 2. The summed E-state index contributed by atoms with van der Waals surface area (Å²) in [5.41, 5.74) is 1.28. The van der Waals surface area contributed by atoms with Crippen molar-refractivity contribution in [3.63, 3.8) is 0 Å². The zero-order valence-electron chi connectivity index (χ0n) is 17.2. The highest BCUT2D eigenvalue weighted by atomic mass is 19.1. The number of urea groups is 1. The molecule has 2 unspecified atom stereocenters. The number of amides is 3. The Bertz CT molecular complexity index is 1190. The second-order valence-electron chi connectivity index (χ2n) is 8.14. The number of ether oxygens (including phenoxy) is 1. The molecule has 0 radical (unpaired) electrons. The number of carbonyl (C=O) groups excluding carboxylic acids is 2. The van der Waals surface area contributed by atoms with Gasteiger partial charge in [-0.3, -0.25) is 14.6 Å². The van der Waals surface area contributed by atoms with E-state index in [-0.39, 0.29) is 5.56 Å². The molecule has 0 N–H and O–H groups in total. The van der Waals surface area contributed by atoms with Crippen molar-refractivity contribution in [2.24, 2.45) is 0 Å². The Morgan fingerprint density at radius 2 is 1.71 bits per heavy atom. The smallest absolute Gasteiger partial charge is 0.335 e. The summed E-state index contributed by atoms with van der Waals surface area (Å²) >= 11 is 0. The predicted molar refractivity (Wildman–Crippen MR) is 114 cm³/mol. The Morgan fingerprint density at radius 1 is 1.03 bits per heavy atom. The second-order valence-corrected chi connectivity index (χ2v) is 8.14. The van der Waals surface area contributed by atoms with Crippen LogP contribution in [-0.2, 0) is 0 Å². The topological polar surface area (TPSA) is 49.9 Å². The van der Waals surface area contributed by atoms with Crippen molar-refractivity contribution in [1.29, 1.82) is 0 Å². The standard InChI is InChI=1S/C25H21FN2O3/c1-16-11-13-17(14-12-16)28-24(30)27(23(29)18-7-3-5-9-20(18)26)21-15-25(28,2)31-22-10-6-4-8-19(21)22/h3-14,21H,15H2,1-2H3. The van der Waals surface area contributed by atoms with Crippen molar-refractivity contribution in [3.05, 3.63) is 95.3 Å². The molecule has 5 nitrogen and oxygen atoms in total. The lowest BCUT2D eigenvalue weighted by molar-refractivity contribution is 0.00256. The van der Waals surface area contributed by atoms with Gasteiger partial charge in [0.05, 0.1) is 11.6 Å². The number of fused-ring (bicyclic) bond motifs is 4. The van der Waals surface area contributed by atoms with Crippen molar-refractivity contribution in [3.8, 4) is 5.75 Å². The first-order valence-corrected chi connectivity index (χ1v) is 10.2. The van der Waals surface area contributed by atoms with Gasteiger partial charge in [0, 0.05) is 17.7 Å². The van der Waals surface area contributed by atoms with E-state index in [9.17, 15) is 14.0 Å². The number of halogens is 1. The zero-order valence-corrected chi connectivity index (χ0v) is 17.2. The normalized spacial score (nSPS) is 22.0. The molecule has 0 spiro atoms. The fourth-order valence-electron chi connectivity index (χ4n) is 4.48. The van der Waals surface area contributed by atoms with Gasteiger partial charge in [-0.25, -0.2) is 9.18 Å². The minimum Gasteiger partial charge on any atom is -0.467 e. The second kappa shape index (κ2) is 6.94. The van der Waals surface area contributed by atoms with Gasteiger partial charge in [0.15, 0.2) is 5.72 Å². The van der Waals surface area contributed by atoms with Gasteiger partial charge in [0.25, 0.3) is 5.91 Å². The Kier molecular flexibility index (Phi) is 4.32. The Morgan fingerprint density at radius 3 is 2.45 bits per heavy atom. The SMILES string of the molecule is Cc1ccc(N2C(=O)N(C(=O)c3ccccc3F)C3CC2(C)Oc2ccccc23)cc1. The van der Waals surface area contributed by atoms with Gasteiger partial charge >= 0.3 is 6.03 Å². The van der Waals surface area contributed by atoms with Crippen LogP contribution in [0.15, 0.2) is 72.8 Å². The van der Waals surface area contributed by atoms with E-state index in [2.05, 4.69) is 0 Å². The van der Waals surface area contributed by atoms with E-state index < -0.39 is 29.5 Å². The van der Waals surface area contributed by atoms with Gasteiger partial charge in [-0.2, -0.15) is 0 Å². The van der Waals surface area contributed by atoms with Gasteiger partial charge in [-0.05, 0) is 44.2 Å². The molecule has 5 rings (SSSR count). The fraction of sp³-hybridized carbons (Fsp3) is 0.200. The molecule has 6 heteroatoms. The van der Waals surface area contributed by atoms with Crippen LogP contribution in [0.2, 0.25) is 0 Å². The third-order valence-corrected chi connectivity index (χ3v) is 5.98. The first-order valence-electron chi connectivity index (χ1n) is 10.2. The number of benzene rings is 3. The lowest BCUT2D eigenvalue weighted by atomic mass is 9.88. The van der Waals surface area contributed by atoms with E-state index >= 15 is 0 Å². The monoisotopic (exact) mass is 416 g/mol. The highest BCUT2D eigenvalue weighted by Gasteiger charge is 2.55. The maximum Gasteiger partial charge on any atom is 0.335 e. The molecule has 2 aliphatic rings. The molecule has 2 aliphatic heterocycles. The lowest BCUT2D eigenvalue weighted by Gasteiger charge is -2.53. The average Bonchev–Trinajstić information content (AvgIpc) is 2.75. The lowest BCUT2D eigenvalue weighted by Crippen LogP contribution is -2.67. The van der Waals surface area contributed by atoms with Crippen LogP contribution in [-0.4, -0.2) is 22.6 Å². The van der Waals surface area contributed by atoms with Crippen LogP contribution in [0.3, 0.4) is 0 Å². The molecule has 3 amide bonds. The van der Waals surface area contributed by atoms with Crippen molar-refractivity contribution < 1.29 is 18.7 Å². The minimum atomic E-state index is -0.989. The Labute approximate surface area is 179 Å². The van der Waals surface area contributed by atoms with Gasteiger partial charge < -0.3 is 4.74 Å². The summed E-state index contributed by atoms with van der Waals surface area (Å²) in [6.07, 6.45) is 0.365. The van der Waals surface area contributed by atoms with Crippen LogP contribution in [0.1, 0.15) is 40.9 Å². The van der Waals surface area contributed by atoms with Crippen molar-refractivity contribution in [2.45, 2.75) is 32.0 Å². The van der Waals surface area contributed by atoms with Gasteiger partial charge in [0.1, 0.15) is 11.6 Å². The maximum absolute atomic E-state index is 14.5. The van der Waals surface area contributed by atoms with Crippen molar-refractivity contribution >= 4 is 17.6 Å². The van der Waals surface area contributed by atoms with Crippen LogP contribution < -0.4 is 9.64 Å². The van der Waals surface area contributed by atoms with Gasteiger partial charge in [-0.15, -0.1) is 0 Å². The van der Waals surface area contributed by atoms with E-state index in [0.717, 1.165) is 11.1 Å². The molecule has 1 saturated heterocycles. The largest absolute Gasteiger partial charge is 0.467 e. The quantitative estimate of drug-likeness (QED) is 0.558. The molecule has 0 aromatic heterocycles. The molecule has 156 valence electrons. The van der Waals surface area contributed by atoms with Crippen LogP contribution in [0.4, 0.5) is 14.9 Å². The van der Waals surface area contributed by atoms with E-state index in [1.165, 1.54) is 28.0 Å². The molecule has 0 saturated carbocycles. The van der Waals surface area contributed by atoms with E-state index in [1.54, 1.807) is 6.07 Å². The summed E-state index contributed by atoms with van der Waals surface area (Å²) in [6, 6.07) is 19.5. The molecule has 3 aromatic carbocycles. The van der Waals surface area contributed by atoms with Crippen LogP contribution in [0.5, 0.6) is 5.75 Å². The predicted octanol–water partition coefficient (Wildman–Crippen LogP) is 5.46. The highest BCUT2D eigenvalue weighted by molar-refractivity contribution is 6.10. The molecular weight excluding hydrogens is 395 g/mol. The third kappa shape index (κ3) is 2.98. The molecule has 2 bridgehead atoms. The Balaban J connectivity index is 1.68. The van der Waals surface area contributed by atoms with Crippen LogP contribution in [0, 0.1) is 12.7 Å². The number of nitrogens with zero attached hydrogens (tertiary/aromatic N) is 2. The number of aryl methyl sites for hydroxylation is 1. The fourth-order valence-corrected chi connectivity index (χ4v) is 4.48. The zero-order chi connectivity index (χ0) is 21.8. The van der Waals surface area contributed by atoms with Crippen molar-refractivity contribution in [2.75, 3.05) is 4.90 Å². The van der Waals surface area contributed by atoms with E-state index in [0.29, 0.717) is 17.9 Å². The average molecular weight is 416 g/mol. The number of hydrogen-bond acceptors (Lipinski definition) is 3. The summed E-state index contributed by atoms with van der Waals surface area (Å²) in [6.45, 7) is 3.81. The first-order chi connectivity index (χ1) is 14.9. The molecule has 2 atom stereocenters. The minimum absolute atomic E-state index is 0.132. The molecule has 0 aliphatic carbocycles. The van der Waals surface area contributed by atoms with E-state index in [1.807, 2.05) is 62.4 Å². The van der Waals surface area contributed by atoms with Crippen molar-refractivity contribution in [1.82, 2.24) is 4.90 Å². The molecule has 31 heavy (non-hydrogen) atoms. The van der Waals surface area contributed by atoms with E-state index in [4.69, 9.17) is 4.74 Å². The molecule has 3 aromatic rings. The summed E-state index contributed by atoms with van der Waals surface area (Å²) < 4.78 is 20.8. The first kappa shape index (κ1) is 19.3. The number of para-hydroxylation sites is 1. The summed E-state index contributed by atoms with van der Waals surface area (Å²) in [4.78, 5) is 29.9.